The molecule has 2 rings (SSSR count). The fourth-order valence-corrected chi connectivity index (χ4v) is 1.98. The summed E-state index contributed by atoms with van der Waals surface area (Å²) >= 11 is 0. The number of hydrogen-bond acceptors (Lipinski definition) is 2. The van der Waals surface area contributed by atoms with Crippen molar-refractivity contribution in [3.8, 4) is 0 Å². The van der Waals surface area contributed by atoms with Gasteiger partial charge in [0.25, 0.3) is 0 Å². The maximum Gasteiger partial charge on any atom is 0.193 e. The van der Waals surface area contributed by atoms with Crippen molar-refractivity contribution in [1.29, 1.82) is 0 Å². The van der Waals surface area contributed by atoms with Gasteiger partial charge in [-0.3, -0.25) is 4.99 Å². The second-order valence-electron chi connectivity index (χ2n) is 3.95. The van der Waals surface area contributed by atoms with Gasteiger partial charge in [0.1, 0.15) is 5.82 Å². The van der Waals surface area contributed by atoms with Crippen molar-refractivity contribution in [3.05, 3.63) is 47.3 Å². The van der Waals surface area contributed by atoms with E-state index in [0.29, 0.717) is 0 Å². The molecule has 2 nitrogen and oxygen atoms in total. The fraction of sp³-hybridized carbons (Fsp3) is 0.308. The monoisotopic (exact) mass is 236 g/mol. The molecule has 0 fully saturated rings. The molecule has 0 spiro atoms. The van der Waals surface area contributed by atoms with Crippen molar-refractivity contribution in [1.82, 2.24) is 5.32 Å². The molecule has 1 N–H and O–H groups in total. The van der Waals surface area contributed by atoms with E-state index in [1.54, 1.807) is 25.3 Å². The van der Waals surface area contributed by atoms with Gasteiger partial charge < -0.3 is 5.32 Å². The van der Waals surface area contributed by atoms with Gasteiger partial charge in [0.15, 0.2) is 6.30 Å². The number of alkyl halides is 1. The van der Waals surface area contributed by atoms with Gasteiger partial charge in [0, 0.05) is 12.6 Å². The largest absolute Gasteiger partial charge is 0.310 e. The number of benzene rings is 1. The molecule has 0 amide bonds. The molecule has 2 unspecified atom stereocenters. The number of allylic oxidation sites excluding steroid dienone is 1. The predicted octanol–water partition coefficient (Wildman–Crippen LogP) is 2.78. The normalized spacial score (nSPS) is 21.1. The number of nitrogens with one attached hydrogen (secondary N) is 1. The Labute approximate surface area is 99.1 Å². The fourth-order valence-electron chi connectivity index (χ4n) is 1.98. The van der Waals surface area contributed by atoms with Crippen LogP contribution in [0.5, 0.6) is 0 Å². The molecule has 4 heteroatoms. The maximum absolute atomic E-state index is 13.2. The first kappa shape index (κ1) is 11.9. The van der Waals surface area contributed by atoms with Crippen molar-refractivity contribution in [2.45, 2.75) is 18.8 Å². The molecule has 0 saturated heterocycles. The molecule has 1 heterocycles. The van der Waals surface area contributed by atoms with E-state index in [1.807, 2.05) is 0 Å². The Hall–Kier alpha value is -1.55. The van der Waals surface area contributed by atoms with E-state index >= 15 is 0 Å². The van der Waals surface area contributed by atoms with Crippen LogP contribution in [0.15, 0.2) is 40.9 Å². The van der Waals surface area contributed by atoms with Gasteiger partial charge in [-0.05, 0) is 36.4 Å². The van der Waals surface area contributed by atoms with Gasteiger partial charge in [0.2, 0.25) is 0 Å². The Morgan fingerprint density at radius 2 is 2.06 bits per heavy atom. The molecule has 2 atom stereocenters. The Morgan fingerprint density at radius 1 is 1.35 bits per heavy atom. The summed E-state index contributed by atoms with van der Waals surface area (Å²) in [7, 11) is 1.80. The van der Waals surface area contributed by atoms with Gasteiger partial charge in [0.05, 0.1) is 6.04 Å². The predicted molar refractivity (Wildman–Crippen MR) is 64.3 cm³/mol. The summed E-state index contributed by atoms with van der Waals surface area (Å²) in [5, 5.41) is 3.11. The Kier molecular flexibility index (Phi) is 3.64. The second kappa shape index (κ2) is 5.19. The van der Waals surface area contributed by atoms with E-state index in [2.05, 4.69) is 10.3 Å². The van der Waals surface area contributed by atoms with Crippen LogP contribution in [0.25, 0.3) is 0 Å². The summed E-state index contributed by atoms with van der Waals surface area (Å²) < 4.78 is 26.0. The minimum Gasteiger partial charge on any atom is -0.310 e. The molecule has 17 heavy (non-hydrogen) atoms. The average Bonchev–Trinajstić information content (AvgIpc) is 2.33. The first-order chi connectivity index (χ1) is 8.20. The standard InChI is InChI=1S/C13H14F2N2/c1-16-13(9-2-4-11(14)5-3-9)10-6-7-17-12(15)8-10/h2-7,12-13,16H,8H2,1H3. The molecule has 90 valence electrons. The van der Waals surface area contributed by atoms with Crippen LogP contribution in [-0.2, 0) is 0 Å². The number of hydrogen-bond donors (Lipinski definition) is 1. The van der Waals surface area contributed by atoms with Crippen LogP contribution in [0, 0.1) is 5.82 Å². The van der Waals surface area contributed by atoms with E-state index in [9.17, 15) is 8.78 Å². The van der Waals surface area contributed by atoms with E-state index in [-0.39, 0.29) is 18.3 Å². The molecule has 0 aliphatic carbocycles. The van der Waals surface area contributed by atoms with Crippen LogP contribution in [0.3, 0.4) is 0 Å². The zero-order valence-electron chi connectivity index (χ0n) is 9.53. The van der Waals surface area contributed by atoms with Crippen molar-refractivity contribution >= 4 is 6.21 Å². The minimum atomic E-state index is -1.17. The van der Waals surface area contributed by atoms with Crippen LogP contribution < -0.4 is 5.32 Å². The summed E-state index contributed by atoms with van der Waals surface area (Å²) in [4.78, 5) is 3.65. The third-order valence-electron chi connectivity index (χ3n) is 2.80. The minimum absolute atomic E-state index is 0.0967. The lowest BCUT2D eigenvalue weighted by Crippen LogP contribution is -2.22. The Bertz CT molecular complexity index is 437. The van der Waals surface area contributed by atoms with Crippen molar-refractivity contribution < 1.29 is 8.78 Å². The number of likely N-dealkylation sites (N-methyl/N-ethyl adjacent to an activating group) is 1. The van der Waals surface area contributed by atoms with Crippen molar-refractivity contribution in [3.63, 3.8) is 0 Å². The molecule has 1 aromatic carbocycles. The van der Waals surface area contributed by atoms with E-state index in [0.717, 1.165) is 11.1 Å². The first-order valence-electron chi connectivity index (χ1n) is 5.49. The second-order valence-corrected chi connectivity index (χ2v) is 3.95. The van der Waals surface area contributed by atoms with Crippen LogP contribution in [-0.4, -0.2) is 19.6 Å². The van der Waals surface area contributed by atoms with Crippen LogP contribution >= 0.6 is 0 Å². The lowest BCUT2D eigenvalue weighted by Gasteiger charge is -2.22. The summed E-state index contributed by atoms with van der Waals surface area (Å²) in [5.74, 6) is -0.272. The molecule has 0 radical (unpaired) electrons. The van der Waals surface area contributed by atoms with Gasteiger partial charge in [-0.1, -0.05) is 12.1 Å². The molecule has 1 aliphatic rings. The average molecular weight is 236 g/mol. The highest BCUT2D eigenvalue weighted by atomic mass is 19.1. The molecular weight excluding hydrogens is 222 g/mol. The van der Waals surface area contributed by atoms with E-state index < -0.39 is 6.30 Å². The van der Waals surface area contributed by atoms with E-state index in [1.165, 1.54) is 18.3 Å². The molecular formula is C13H14F2N2. The zero-order chi connectivity index (χ0) is 12.3. The topological polar surface area (TPSA) is 24.4 Å². The van der Waals surface area contributed by atoms with Gasteiger partial charge in [-0.2, -0.15) is 0 Å². The quantitative estimate of drug-likeness (QED) is 0.802. The SMILES string of the molecule is CNC(C1=CC=NC(F)C1)c1ccc(F)cc1. The number of nitrogens with zero attached hydrogens (tertiary/aromatic N) is 1. The summed E-state index contributed by atoms with van der Waals surface area (Å²) in [6.07, 6.45) is 2.39. The van der Waals surface area contributed by atoms with Crippen molar-refractivity contribution in [2.24, 2.45) is 4.99 Å². The lowest BCUT2D eigenvalue weighted by atomic mass is 9.95. The molecule has 1 aromatic rings. The van der Waals surface area contributed by atoms with Crippen LogP contribution in [0.1, 0.15) is 18.0 Å². The number of rotatable bonds is 3. The maximum atomic E-state index is 13.2. The smallest absolute Gasteiger partial charge is 0.193 e. The lowest BCUT2D eigenvalue weighted by molar-refractivity contribution is 0.336. The third-order valence-corrected chi connectivity index (χ3v) is 2.80. The number of dihydropyridines is 1. The number of halogens is 2. The molecule has 1 aliphatic heterocycles. The van der Waals surface area contributed by atoms with Gasteiger partial charge >= 0.3 is 0 Å². The Morgan fingerprint density at radius 3 is 2.65 bits per heavy atom. The van der Waals surface area contributed by atoms with Gasteiger partial charge in [-0.25, -0.2) is 8.78 Å². The Balaban J connectivity index is 2.24. The highest BCUT2D eigenvalue weighted by molar-refractivity contribution is 5.74. The highest BCUT2D eigenvalue weighted by Crippen LogP contribution is 2.27. The molecule has 0 aromatic heterocycles. The summed E-state index contributed by atoms with van der Waals surface area (Å²) in [5.41, 5.74) is 1.84. The van der Waals surface area contributed by atoms with Crippen LogP contribution in [0.2, 0.25) is 0 Å². The van der Waals surface area contributed by atoms with Gasteiger partial charge in [-0.15, -0.1) is 0 Å². The van der Waals surface area contributed by atoms with E-state index in [4.69, 9.17) is 0 Å². The summed E-state index contributed by atoms with van der Waals surface area (Å²) in [6, 6.07) is 6.13. The highest BCUT2D eigenvalue weighted by Gasteiger charge is 2.19. The molecule has 0 saturated carbocycles. The van der Waals surface area contributed by atoms with Crippen LogP contribution in [0.4, 0.5) is 8.78 Å². The molecule has 0 bridgehead atoms. The van der Waals surface area contributed by atoms with Crippen molar-refractivity contribution in [2.75, 3.05) is 7.05 Å². The third kappa shape index (κ3) is 2.77. The first-order valence-corrected chi connectivity index (χ1v) is 5.49. The summed E-state index contributed by atoms with van der Waals surface area (Å²) in [6.45, 7) is 0. The number of aliphatic imine (C=N–C) groups is 1. The zero-order valence-corrected chi connectivity index (χ0v) is 9.53.